The lowest BCUT2D eigenvalue weighted by atomic mass is 10.3. The van der Waals surface area contributed by atoms with Crippen molar-refractivity contribution in [1.82, 2.24) is 4.98 Å². The Kier molecular flexibility index (Phi) is 3.08. The van der Waals surface area contributed by atoms with Gasteiger partial charge in [-0.1, -0.05) is 0 Å². The summed E-state index contributed by atoms with van der Waals surface area (Å²) < 4.78 is 42.0. The van der Waals surface area contributed by atoms with Gasteiger partial charge < -0.3 is 14.9 Å². The van der Waals surface area contributed by atoms with Gasteiger partial charge in [0.2, 0.25) is 5.75 Å². The van der Waals surface area contributed by atoms with E-state index < -0.39 is 34.4 Å². The first kappa shape index (κ1) is 11.2. The van der Waals surface area contributed by atoms with Crippen LogP contribution < -0.4 is 4.74 Å². The molecule has 8 heteroatoms. The van der Waals surface area contributed by atoms with Crippen LogP contribution in [0.4, 0.5) is 19.0 Å². The van der Waals surface area contributed by atoms with Gasteiger partial charge in [-0.25, -0.2) is 13.2 Å². The second kappa shape index (κ2) is 4.11. The Morgan fingerprint density at radius 2 is 2.20 bits per heavy atom. The molecular formula is C7H5F3N2O3. The highest BCUT2D eigenvalue weighted by molar-refractivity contribution is 5.36. The number of nitrogens with zero attached hydrogens (tertiary/aromatic N) is 2. The highest BCUT2D eigenvalue weighted by atomic mass is 19.3. The zero-order valence-corrected chi connectivity index (χ0v) is 7.41. The minimum atomic E-state index is -3.14. The average Bonchev–Trinajstić information content (AvgIpc) is 2.16. The molecule has 0 spiro atoms. The quantitative estimate of drug-likeness (QED) is 0.580. The summed E-state index contributed by atoms with van der Waals surface area (Å²) in [7, 11) is 0.970. The molecule has 0 N–H and O–H groups in total. The van der Waals surface area contributed by atoms with Crippen LogP contribution >= 0.6 is 0 Å². The molecule has 1 aromatic heterocycles. The van der Waals surface area contributed by atoms with Gasteiger partial charge in [-0.3, -0.25) is 0 Å². The molecule has 0 bridgehead atoms. The van der Waals surface area contributed by atoms with Crippen molar-refractivity contribution in [3.05, 3.63) is 27.7 Å². The number of hydrogen-bond acceptors (Lipinski definition) is 4. The van der Waals surface area contributed by atoms with E-state index >= 15 is 0 Å². The Balaban J connectivity index is 3.38. The van der Waals surface area contributed by atoms with Crippen LogP contribution in [-0.2, 0) is 0 Å². The Morgan fingerprint density at radius 1 is 1.60 bits per heavy atom. The number of pyridine rings is 1. The summed E-state index contributed by atoms with van der Waals surface area (Å²) in [5.41, 5.74) is -1.08. The van der Waals surface area contributed by atoms with Gasteiger partial charge in [-0.2, -0.15) is 0 Å². The van der Waals surface area contributed by atoms with Gasteiger partial charge >= 0.3 is 12.2 Å². The Bertz CT molecular complexity index is 397. The SMILES string of the molecule is COc1c(F)cc([N+](=O)[O-])nc1C(F)F. The van der Waals surface area contributed by atoms with Crippen LogP contribution in [-0.4, -0.2) is 17.0 Å². The van der Waals surface area contributed by atoms with Gasteiger partial charge in [-0.05, 0) is 9.91 Å². The van der Waals surface area contributed by atoms with E-state index in [-0.39, 0.29) is 0 Å². The summed E-state index contributed by atoms with van der Waals surface area (Å²) in [5, 5.41) is 10.2. The maximum absolute atomic E-state index is 13.0. The van der Waals surface area contributed by atoms with Crippen molar-refractivity contribution in [3.63, 3.8) is 0 Å². The number of hydrogen-bond donors (Lipinski definition) is 0. The summed E-state index contributed by atoms with van der Waals surface area (Å²) >= 11 is 0. The third kappa shape index (κ3) is 2.14. The van der Waals surface area contributed by atoms with E-state index in [1.54, 1.807) is 0 Å². The predicted octanol–water partition coefficient (Wildman–Crippen LogP) is 2.08. The van der Waals surface area contributed by atoms with Crippen LogP contribution in [0.15, 0.2) is 6.07 Å². The molecular weight excluding hydrogens is 217 g/mol. The number of aromatic nitrogens is 1. The fourth-order valence-electron chi connectivity index (χ4n) is 0.951. The summed E-state index contributed by atoms with van der Waals surface area (Å²) in [6, 6.07) is 0.421. The molecule has 0 fully saturated rings. The van der Waals surface area contributed by atoms with E-state index in [4.69, 9.17) is 0 Å². The second-order valence-corrected chi connectivity index (χ2v) is 2.44. The molecule has 0 aliphatic carbocycles. The fraction of sp³-hybridized carbons (Fsp3) is 0.286. The van der Waals surface area contributed by atoms with E-state index in [0.717, 1.165) is 7.11 Å². The summed E-state index contributed by atoms with van der Waals surface area (Å²) in [6.45, 7) is 0. The number of methoxy groups -OCH3 is 1. The monoisotopic (exact) mass is 222 g/mol. The van der Waals surface area contributed by atoms with Crippen molar-refractivity contribution in [2.75, 3.05) is 7.11 Å². The van der Waals surface area contributed by atoms with E-state index in [1.807, 2.05) is 0 Å². The summed E-state index contributed by atoms with van der Waals surface area (Å²) in [4.78, 5) is 12.1. The molecule has 0 aliphatic heterocycles. The fourth-order valence-corrected chi connectivity index (χ4v) is 0.951. The van der Waals surface area contributed by atoms with Crippen molar-refractivity contribution in [2.45, 2.75) is 6.43 Å². The summed E-state index contributed by atoms with van der Waals surface area (Å²) in [5.74, 6) is -3.01. The Morgan fingerprint density at radius 3 is 2.60 bits per heavy atom. The van der Waals surface area contributed by atoms with Crippen molar-refractivity contribution < 1.29 is 22.8 Å². The van der Waals surface area contributed by atoms with Crippen LogP contribution in [0, 0.1) is 15.9 Å². The third-order valence-electron chi connectivity index (χ3n) is 1.54. The molecule has 5 nitrogen and oxygen atoms in total. The lowest BCUT2D eigenvalue weighted by Crippen LogP contribution is -2.03. The lowest BCUT2D eigenvalue weighted by Gasteiger charge is -2.04. The number of ether oxygens (including phenoxy) is 1. The molecule has 0 radical (unpaired) electrons. The zero-order chi connectivity index (χ0) is 11.6. The molecule has 0 atom stereocenters. The minimum Gasteiger partial charge on any atom is -0.490 e. The van der Waals surface area contributed by atoms with Gasteiger partial charge in [0.1, 0.15) is 0 Å². The van der Waals surface area contributed by atoms with E-state index in [0.29, 0.717) is 6.07 Å². The molecule has 82 valence electrons. The number of rotatable bonds is 3. The largest absolute Gasteiger partial charge is 0.490 e. The molecule has 0 saturated heterocycles. The smallest absolute Gasteiger partial charge is 0.367 e. The van der Waals surface area contributed by atoms with Crippen LogP contribution in [0.3, 0.4) is 0 Å². The molecule has 15 heavy (non-hydrogen) atoms. The van der Waals surface area contributed by atoms with Crippen LogP contribution in [0.1, 0.15) is 12.1 Å². The average molecular weight is 222 g/mol. The molecule has 1 heterocycles. The van der Waals surface area contributed by atoms with Gasteiger partial charge in [0.25, 0.3) is 5.69 Å². The highest BCUT2D eigenvalue weighted by Crippen LogP contribution is 2.31. The van der Waals surface area contributed by atoms with Crippen LogP contribution in [0.25, 0.3) is 0 Å². The van der Waals surface area contributed by atoms with Crippen molar-refractivity contribution >= 4 is 5.82 Å². The molecule has 1 rings (SSSR count). The van der Waals surface area contributed by atoms with Gasteiger partial charge in [-0.15, -0.1) is 0 Å². The van der Waals surface area contributed by atoms with Crippen molar-refractivity contribution in [3.8, 4) is 5.75 Å². The van der Waals surface area contributed by atoms with Gasteiger partial charge in [0.05, 0.1) is 13.2 Å². The van der Waals surface area contributed by atoms with E-state index in [2.05, 4.69) is 9.72 Å². The lowest BCUT2D eigenvalue weighted by molar-refractivity contribution is -0.390. The molecule has 0 amide bonds. The van der Waals surface area contributed by atoms with Crippen molar-refractivity contribution in [1.29, 1.82) is 0 Å². The maximum Gasteiger partial charge on any atom is 0.367 e. The van der Waals surface area contributed by atoms with Gasteiger partial charge in [0, 0.05) is 0 Å². The zero-order valence-electron chi connectivity index (χ0n) is 7.41. The van der Waals surface area contributed by atoms with Crippen LogP contribution in [0.5, 0.6) is 5.75 Å². The van der Waals surface area contributed by atoms with E-state index in [9.17, 15) is 23.3 Å². The van der Waals surface area contributed by atoms with Crippen LogP contribution in [0.2, 0.25) is 0 Å². The second-order valence-electron chi connectivity index (χ2n) is 2.44. The predicted molar refractivity (Wildman–Crippen MR) is 42.4 cm³/mol. The highest BCUT2D eigenvalue weighted by Gasteiger charge is 2.28. The number of nitro groups is 1. The normalized spacial score (nSPS) is 10.5. The van der Waals surface area contributed by atoms with Gasteiger partial charge in [0.15, 0.2) is 5.82 Å². The molecule has 0 unspecified atom stereocenters. The third-order valence-corrected chi connectivity index (χ3v) is 1.54. The molecule has 0 saturated carbocycles. The first-order chi connectivity index (χ1) is 6.97. The molecule has 0 aliphatic rings. The first-order valence-corrected chi connectivity index (χ1v) is 3.64. The minimum absolute atomic E-state index is 0.421. The summed E-state index contributed by atoms with van der Waals surface area (Å²) in [6.07, 6.45) is -3.14. The van der Waals surface area contributed by atoms with E-state index in [1.165, 1.54) is 0 Å². The standard InChI is InChI=1S/C7H5F3N2O3/c1-15-6-3(8)2-4(12(13)14)11-5(6)7(9)10/h2,7H,1H3. The van der Waals surface area contributed by atoms with Crippen molar-refractivity contribution in [2.24, 2.45) is 0 Å². The topological polar surface area (TPSA) is 65.3 Å². The number of alkyl halides is 2. The Labute approximate surface area is 81.6 Å². The first-order valence-electron chi connectivity index (χ1n) is 3.64. The Hall–Kier alpha value is -1.86. The molecule has 1 aromatic rings. The molecule has 0 aromatic carbocycles. The number of halogens is 3. The maximum atomic E-state index is 13.0.